The third-order valence-corrected chi connectivity index (χ3v) is 3.95. The summed E-state index contributed by atoms with van der Waals surface area (Å²) >= 11 is 0. The molecule has 0 fully saturated rings. The quantitative estimate of drug-likeness (QED) is 0.638. The van der Waals surface area contributed by atoms with Crippen molar-refractivity contribution < 1.29 is 0 Å². The number of aryl methyl sites for hydroxylation is 1. The highest BCUT2D eigenvalue weighted by Gasteiger charge is 2.21. The van der Waals surface area contributed by atoms with Crippen molar-refractivity contribution in [2.24, 2.45) is 0 Å². The van der Waals surface area contributed by atoms with Gasteiger partial charge in [-0.3, -0.25) is 0 Å². The molecular weight excluding hydrogens is 204 g/mol. The summed E-state index contributed by atoms with van der Waals surface area (Å²) in [7, 11) is 0. The SMILES string of the molecule is Cc1ccc2c(c1)-c1cccc3c1=C2CCC=3. The minimum absolute atomic E-state index is 1.18. The summed E-state index contributed by atoms with van der Waals surface area (Å²) in [6, 6.07) is 13.6. The molecule has 0 heterocycles. The Kier molecular flexibility index (Phi) is 1.69. The molecule has 2 aromatic rings. The zero-order valence-electron chi connectivity index (χ0n) is 9.96. The smallest absolute Gasteiger partial charge is 0.00700 e. The lowest BCUT2D eigenvalue weighted by molar-refractivity contribution is 1.09. The molecule has 2 aliphatic rings. The molecule has 0 aromatic heterocycles. The standard InChI is InChI=1S/C17H14/c1-11-8-9-13-14-6-2-4-12-5-3-7-15(17(12)14)16(13)10-11/h3-5,7-10H,2,6H2,1H3. The first-order valence-electron chi connectivity index (χ1n) is 6.28. The lowest BCUT2D eigenvalue weighted by Gasteiger charge is -2.07. The van der Waals surface area contributed by atoms with E-state index >= 15 is 0 Å². The molecule has 2 aliphatic carbocycles. The first-order chi connectivity index (χ1) is 8.34. The molecule has 0 radical (unpaired) electrons. The highest BCUT2D eigenvalue weighted by molar-refractivity contribution is 5.90. The van der Waals surface area contributed by atoms with Gasteiger partial charge >= 0.3 is 0 Å². The van der Waals surface area contributed by atoms with E-state index in [0.717, 1.165) is 0 Å². The van der Waals surface area contributed by atoms with E-state index < -0.39 is 0 Å². The van der Waals surface area contributed by atoms with E-state index in [2.05, 4.69) is 49.4 Å². The largest absolute Gasteiger partial charge is 0.0763 e. The molecule has 17 heavy (non-hydrogen) atoms. The predicted octanol–water partition coefficient (Wildman–Crippen LogP) is 2.75. The van der Waals surface area contributed by atoms with Crippen LogP contribution >= 0.6 is 0 Å². The molecular formula is C17H14. The monoisotopic (exact) mass is 218 g/mol. The topological polar surface area (TPSA) is 0 Å². The van der Waals surface area contributed by atoms with Crippen molar-refractivity contribution in [2.75, 3.05) is 0 Å². The maximum Gasteiger partial charge on any atom is -0.00700 e. The normalized spacial score (nSPS) is 15.2. The van der Waals surface area contributed by atoms with Gasteiger partial charge in [0.05, 0.1) is 0 Å². The molecule has 0 aliphatic heterocycles. The maximum absolute atomic E-state index is 2.38. The van der Waals surface area contributed by atoms with Crippen molar-refractivity contribution in [1.29, 1.82) is 0 Å². The highest BCUT2D eigenvalue weighted by atomic mass is 14.2. The van der Waals surface area contributed by atoms with Crippen LogP contribution < -0.4 is 10.4 Å². The molecule has 4 rings (SSSR count). The third kappa shape index (κ3) is 1.13. The molecule has 0 spiro atoms. The molecule has 0 unspecified atom stereocenters. The van der Waals surface area contributed by atoms with E-state index in [1.54, 1.807) is 5.57 Å². The van der Waals surface area contributed by atoms with Crippen LogP contribution in [0.2, 0.25) is 0 Å². The van der Waals surface area contributed by atoms with Crippen molar-refractivity contribution in [2.45, 2.75) is 19.8 Å². The average molecular weight is 218 g/mol. The van der Waals surface area contributed by atoms with Crippen molar-refractivity contribution in [3.63, 3.8) is 0 Å². The van der Waals surface area contributed by atoms with Gasteiger partial charge in [-0.1, -0.05) is 48.0 Å². The van der Waals surface area contributed by atoms with E-state index in [1.807, 2.05) is 0 Å². The molecule has 0 amide bonds. The molecule has 0 nitrogen and oxygen atoms in total. The molecule has 0 N–H and O–H groups in total. The number of rotatable bonds is 0. The van der Waals surface area contributed by atoms with Gasteiger partial charge in [0.2, 0.25) is 0 Å². The first-order valence-corrected chi connectivity index (χ1v) is 6.28. The van der Waals surface area contributed by atoms with Gasteiger partial charge in [0.15, 0.2) is 0 Å². The Morgan fingerprint density at radius 3 is 2.82 bits per heavy atom. The highest BCUT2D eigenvalue weighted by Crippen LogP contribution is 2.34. The fraction of sp³-hybridized carbons (Fsp3) is 0.176. The van der Waals surface area contributed by atoms with Crippen LogP contribution in [-0.2, 0) is 0 Å². The second kappa shape index (κ2) is 3.10. The fourth-order valence-corrected chi connectivity index (χ4v) is 3.21. The second-order valence-corrected chi connectivity index (χ2v) is 5.04. The number of hydrogen-bond acceptors (Lipinski definition) is 0. The van der Waals surface area contributed by atoms with Gasteiger partial charge in [0, 0.05) is 0 Å². The maximum atomic E-state index is 2.38. The molecule has 2 aromatic carbocycles. The zero-order valence-corrected chi connectivity index (χ0v) is 9.96. The molecule has 0 saturated heterocycles. The van der Waals surface area contributed by atoms with Crippen LogP contribution in [0.15, 0.2) is 36.4 Å². The third-order valence-electron chi connectivity index (χ3n) is 3.95. The Bertz CT molecular complexity index is 748. The minimum Gasteiger partial charge on any atom is -0.0763 e. The van der Waals surface area contributed by atoms with E-state index in [1.165, 1.54) is 45.5 Å². The molecule has 0 saturated carbocycles. The summed E-state index contributed by atoms with van der Waals surface area (Å²) in [5.74, 6) is 0. The fourth-order valence-electron chi connectivity index (χ4n) is 3.21. The van der Waals surface area contributed by atoms with E-state index in [0.29, 0.717) is 0 Å². The Balaban J connectivity index is 2.24. The number of benzene rings is 2. The van der Waals surface area contributed by atoms with Gasteiger partial charge in [-0.15, -0.1) is 0 Å². The lowest BCUT2D eigenvalue weighted by atomic mass is 9.97. The predicted molar refractivity (Wildman–Crippen MR) is 72.1 cm³/mol. The summed E-state index contributed by atoms with van der Waals surface area (Å²) in [5.41, 5.74) is 7.25. The van der Waals surface area contributed by atoms with Gasteiger partial charge in [-0.2, -0.15) is 0 Å². The summed E-state index contributed by atoms with van der Waals surface area (Å²) in [5, 5.41) is 2.93. The average Bonchev–Trinajstić information content (AvgIpc) is 2.67. The first kappa shape index (κ1) is 9.23. The zero-order chi connectivity index (χ0) is 11.4. The van der Waals surface area contributed by atoms with Crippen molar-refractivity contribution >= 4 is 11.6 Å². The summed E-state index contributed by atoms with van der Waals surface area (Å²) < 4.78 is 0. The van der Waals surface area contributed by atoms with Crippen LogP contribution in [0.1, 0.15) is 24.0 Å². The molecule has 82 valence electrons. The Labute approximate surface area is 101 Å². The Hall–Kier alpha value is -1.82. The minimum atomic E-state index is 1.18. The van der Waals surface area contributed by atoms with Crippen LogP contribution in [0, 0.1) is 6.92 Å². The van der Waals surface area contributed by atoms with Gasteiger partial charge in [-0.25, -0.2) is 0 Å². The van der Waals surface area contributed by atoms with Crippen LogP contribution in [0.25, 0.3) is 22.8 Å². The van der Waals surface area contributed by atoms with Gasteiger partial charge in [0.1, 0.15) is 0 Å². The summed E-state index contributed by atoms with van der Waals surface area (Å²) in [4.78, 5) is 0. The molecule has 0 heteroatoms. The van der Waals surface area contributed by atoms with Crippen LogP contribution in [0.4, 0.5) is 0 Å². The molecule has 0 atom stereocenters. The second-order valence-electron chi connectivity index (χ2n) is 5.04. The van der Waals surface area contributed by atoms with Gasteiger partial charge < -0.3 is 0 Å². The van der Waals surface area contributed by atoms with E-state index in [4.69, 9.17) is 0 Å². The van der Waals surface area contributed by atoms with Gasteiger partial charge in [0.25, 0.3) is 0 Å². The Morgan fingerprint density at radius 2 is 1.88 bits per heavy atom. The van der Waals surface area contributed by atoms with Crippen LogP contribution in [-0.4, -0.2) is 0 Å². The van der Waals surface area contributed by atoms with Gasteiger partial charge in [-0.05, 0) is 52.5 Å². The summed E-state index contributed by atoms with van der Waals surface area (Å²) in [6.07, 6.45) is 4.75. The Morgan fingerprint density at radius 1 is 0.941 bits per heavy atom. The number of hydrogen-bond donors (Lipinski definition) is 0. The van der Waals surface area contributed by atoms with Crippen molar-refractivity contribution in [1.82, 2.24) is 0 Å². The number of fused-ring (bicyclic) bond motifs is 3. The molecule has 0 bridgehead atoms. The van der Waals surface area contributed by atoms with Crippen molar-refractivity contribution in [3.8, 4) is 11.1 Å². The lowest BCUT2D eigenvalue weighted by Crippen LogP contribution is -2.28. The summed E-state index contributed by atoms with van der Waals surface area (Å²) in [6.45, 7) is 2.17. The van der Waals surface area contributed by atoms with E-state index in [-0.39, 0.29) is 0 Å². The van der Waals surface area contributed by atoms with Crippen molar-refractivity contribution in [3.05, 3.63) is 58.0 Å². The van der Waals surface area contributed by atoms with Crippen LogP contribution in [0.3, 0.4) is 0 Å². The van der Waals surface area contributed by atoms with E-state index in [9.17, 15) is 0 Å². The van der Waals surface area contributed by atoms with Crippen LogP contribution in [0.5, 0.6) is 0 Å².